The standard InChI is InChI=1S/C19H16N4OS/c1-22-18(24)15-9-13-12-6-2-3-7-14(12)21-16(13)17(23(15)19(22)25)11-5-4-8-20-10-11/h2-8,10,15,17,21H,9H2,1H3/t15-,17-/m0/s1. The molecule has 2 aromatic heterocycles. The molecule has 3 aromatic rings. The van der Waals surface area contributed by atoms with Crippen LogP contribution in [0.1, 0.15) is 22.9 Å². The normalized spacial score (nSPS) is 22.4. The van der Waals surface area contributed by atoms with E-state index in [0.717, 1.165) is 16.8 Å². The quantitative estimate of drug-likeness (QED) is 0.687. The summed E-state index contributed by atoms with van der Waals surface area (Å²) >= 11 is 5.60. The van der Waals surface area contributed by atoms with Gasteiger partial charge in [-0.2, -0.15) is 0 Å². The van der Waals surface area contributed by atoms with Gasteiger partial charge in [-0.15, -0.1) is 0 Å². The van der Waals surface area contributed by atoms with Crippen molar-refractivity contribution in [2.45, 2.75) is 18.5 Å². The number of nitrogens with zero attached hydrogens (tertiary/aromatic N) is 3. The summed E-state index contributed by atoms with van der Waals surface area (Å²) in [4.78, 5) is 24.3. The number of amides is 1. The lowest BCUT2D eigenvalue weighted by Gasteiger charge is -2.37. The summed E-state index contributed by atoms with van der Waals surface area (Å²) in [7, 11) is 1.76. The fraction of sp³-hybridized carbons (Fsp3) is 0.211. The first-order valence-corrected chi connectivity index (χ1v) is 8.67. The minimum Gasteiger partial charge on any atom is -0.356 e. The van der Waals surface area contributed by atoms with Crippen molar-refractivity contribution >= 4 is 34.1 Å². The Hall–Kier alpha value is -2.73. The van der Waals surface area contributed by atoms with Crippen LogP contribution in [0.3, 0.4) is 0 Å². The molecule has 6 heteroatoms. The van der Waals surface area contributed by atoms with Crippen LogP contribution in [0.15, 0.2) is 48.8 Å². The molecule has 2 aliphatic heterocycles. The van der Waals surface area contributed by atoms with Gasteiger partial charge in [0.1, 0.15) is 6.04 Å². The topological polar surface area (TPSA) is 52.2 Å². The van der Waals surface area contributed by atoms with E-state index in [0.29, 0.717) is 11.5 Å². The van der Waals surface area contributed by atoms with Gasteiger partial charge in [0.2, 0.25) is 0 Å². The number of thiocarbonyl (C=S) groups is 1. The number of H-pyrrole nitrogens is 1. The third-order valence-electron chi connectivity index (χ3n) is 5.26. The predicted octanol–water partition coefficient (Wildman–Crippen LogP) is 2.64. The van der Waals surface area contributed by atoms with Gasteiger partial charge in [0.25, 0.3) is 5.91 Å². The van der Waals surface area contributed by atoms with Gasteiger partial charge in [-0.25, -0.2) is 0 Å². The number of benzene rings is 1. The summed E-state index contributed by atoms with van der Waals surface area (Å²) in [6.45, 7) is 0. The molecular formula is C19H16N4OS. The lowest BCUT2D eigenvalue weighted by Crippen LogP contribution is -2.44. The molecule has 0 bridgehead atoms. The van der Waals surface area contributed by atoms with Crippen LogP contribution in [0.4, 0.5) is 0 Å². The number of carbonyl (C=O) groups is 1. The second kappa shape index (κ2) is 5.13. The summed E-state index contributed by atoms with van der Waals surface area (Å²) in [5.74, 6) is 0.0646. The van der Waals surface area contributed by atoms with E-state index < -0.39 is 0 Å². The maximum atomic E-state index is 12.8. The van der Waals surface area contributed by atoms with Gasteiger partial charge in [0, 0.05) is 42.5 Å². The first-order valence-electron chi connectivity index (χ1n) is 8.26. The van der Waals surface area contributed by atoms with Crippen LogP contribution < -0.4 is 0 Å². The fourth-order valence-electron chi connectivity index (χ4n) is 4.09. The Morgan fingerprint density at radius 1 is 1.24 bits per heavy atom. The number of hydrogen-bond donors (Lipinski definition) is 1. The number of para-hydroxylation sites is 1. The van der Waals surface area contributed by atoms with Gasteiger partial charge in [-0.05, 0) is 35.5 Å². The first-order chi connectivity index (χ1) is 12.2. The highest BCUT2D eigenvalue weighted by Gasteiger charge is 2.49. The monoisotopic (exact) mass is 348 g/mol. The second-order valence-electron chi connectivity index (χ2n) is 6.56. The van der Waals surface area contributed by atoms with Crippen molar-refractivity contribution in [2.24, 2.45) is 0 Å². The van der Waals surface area contributed by atoms with E-state index in [1.165, 1.54) is 10.9 Å². The molecule has 1 aromatic carbocycles. The van der Waals surface area contributed by atoms with E-state index in [1.54, 1.807) is 18.1 Å². The average Bonchev–Trinajstić information content (AvgIpc) is 3.12. The number of pyridine rings is 1. The van der Waals surface area contributed by atoms with E-state index in [1.807, 2.05) is 30.5 Å². The molecule has 1 N–H and O–H groups in total. The molecule has 0 unspecified atom stereocenters. The largest absolute Gasteiger partial charge is 0.356 e. The van der Waals surface area contributed by atoms with Crippen molar-refractivity contribution in [2.75, 3.05) is 7.05 Å². The SMILES string of the molecule is CN1C(=O)[C@@H]2Cc3c([nH]c4ccccc34)[C@H](c3cccnc3)N2C1=S. The summed E-state index contributed by atoms with van der Waals surface area (Å²) in [5, 5.41) is 1.76. The molecule has 124 valence electrons. The van der Waals surface area contributed by atoms with Crippen LogP contribution in [-0.2, 0) is 11.2 Å². The summed E-state index contributed by atoms with van der Waals surface area (Å²) in [6.07, 6.45) is 4.28. The van der Waals surface area contributed by atoms with E-state index in [9.17, 15) is 4.79 Å². The minimum absolute atomic E-state index is 0.0646. The Balaban J connectivity index is 1.79. The van der Waals surface area contributed by atoms with E-state index in [4.69, 9.17) is 12.2 Å². The van der Waals surface area contributed by atoms with Crippen molar-refractivity contribution in [3.8, 4) is 0 Å². The highest BCUT2D eigenvalue weighted by atomic mass is 32.1. The minimum atomic E-state index is -0.255. The van der Waals surface area contributed by atoms with E-state index >= 15 is 0 Å². The average molecular weight is 348 g/mol. The Morgan fingerprint density at radius 3 is 2.88 bits per heavy atom. The molecule has 0 aliphatic carbocycles. The molecule has 0 spiro atoms. The number of carbonyl (C=O) groups excluding carboxylic acids is 1. The molecule has 0 radical (unpaired) electrons. The van der Waals surface area contributed by atoms with Crippen molar-refractivity contribution in [1.82, 2.24) is 19.8 Å². The van der Waals surface area contributed by atoms with Gasteiger partial charge in [-0.3, -0.25) is 14.7 Å². The Bertz CT molecular complexity index is 1010. The van der Waals surface area contributed by atoms with Gasteiger partial charge < -0.3 is 9.88 Å². The number of fused-ring (bicyclic) bond motifs is 4. The molecule has 1 fully saturated rings. The lowest BCUT2D eigenvalue weighted by atomic mass is 9.89. The maximum Gasteiger partial charge on any atom is 0.251 e. The van der Waals surface area contributed by atoms with Crippen LogP contribution in [0.2, 0.25) is 0 Å². The number of hydrogen-bond acceptors (Lipinski definition) is 3. The van der Waals surface area contributed by atoms with Gasteiger partial charge in [0.05, 0.1) is 6.04 Å². The predicted molar refractivity (Wildman–Crippen MR) is 99.1 cm³/mol. The molecule has 1 amide bonds. The molecule has 0 saturated carbocycles. The third kappa shape index (κ3) is 1.91. The number of likely N-dealkylation sites (N-methyl/N-ethyl adjacent to an activating group) is 1. The zero-order valence-corrected chi connectivity index (χ0v) is 14.5. The van der Waals surface area contributed by atoms with Crippen molar-refractivity contribution in [3.63, 3.8) is 0 Å². The van der Waals surface area contributed by atoms with Crippen molar-refractivity contribution in [3.05, 3.63) is 65.6 Å². The Kier molecular flexibility index (Phi) is 3.00. The zero-order valence-electron chi connectivity index (χ0n) is 13.6. The number of aromatic amines is 1. The molecule has 5 rings (SSSR count). The fourth-order valence-corrected chi connectivity index (χ4v) is 4.41. The number of aromatic nitrogens is 2. The van der Waals surface area contributed by atoms with Gasteiger partial charge in [-0.1, -0.05) is 24.3 Å². The molecule has 25 heavy (non-hydrogen) atoms. The lowest BCUT2D eigenvalue weighted by molar-refractivity contribution is -0.127. The smallest absolute Gasteiger partial charge is 0.251 e. The molecule has 5 nitrogen and oxygen atoms in total. The van der Waals surface area contributed by atoms with Crippen molar-refractivity contribution < 1.29 is 4.79 Å². The summed E-state index contributed by atoms with van der Waals surface area (Å²) in [6, 6.07) is 11.8. The Labute approximate surface area is 150 Å². The highest BCUT2D eigenvalue weighted by Crippen LogP contribution is 2.43. The first kappa shape index (κ1) is 14.6. The second-order valence-corrected chi connectivity index (χ2v) is 6.92. The van der Waals surface area contributed by atoms with Crippen LogP contribution in [0, 0.1) is 0 Å². The van der Waals surface area contributed by atoms with Crippen molar-refractivity contribution in [1.29, 1.82) is 0 Å². The summed E-state index contributed by atoms with van der Waals surface area (Å²) < 4.78 is 0. The van der Waals surface area contributed by atoms with Gasteiger partial charge >= 0.3 is 0 Å². The molecule has 1 saturated heterocycles. The molecule has 2 aliphatic rings. The van der Waals surface area contributed by atoms with Crippen LogP contribution in [-0.4, -0.2) is 43.9 Å². The summed E-state index contributed by atoms with van der Waals surface area (Å²) in [5.41, 5.74) is 4.44. The van der Waals surface area contributed by atoms with Gasteiger partial charge in [0.15, 0.2) is 5.11 Å². The third-order valence-corrected chi connectivity index (χ3v) is 5.74. The number of nitrogens with one attached hydrogen (secondary N) is 1. The maximum absolute atomic E-state index is 12.8. The van der Waals surface area contributed by atoms with E-state index in [2.05, 4.69) is 27.0 Å². The van der Waals surface area contributed by atoms with Crippen LogP contribution in [0.5, 0.6) is 0 Å². The Morgan fingerprint density at radius 2 is 2.08 bits per heavy atom. The molecule has 4 heterocycles. The number of rotatable bonds is 1. The zero-order chi connectivity index (χ0) is 17.1. The highest BCUT2D eigenvalue weighted by molar-refractivity contribution is 7.80. The molecular weight excluding hydrogens is 332 g/mol. The van der Waals surface area contributed by atoms with Crippen LogP contribution >= 0.6 is 12.2 Å². The van der Waals surface area contributed by atoms with Crippen LogP contribution in [0.25, 0.3) is 10.9 Å². The van der Waals surface area contributed by atoms with E-state index in [-0.39, 0.29) is 18.0 Å². The molecule has 2 atom stereocenters.